The molecule has 2 heteroatoms. The van der Waals surface area contributed by atoms with Crippen molar-refractivity contribution in [2.45, 2.75) is 131 Å². The van der Waals surface area contributed by atoms with Crippen LogP contribution in [0.25, 0.3) is 82.1 Å². The van der Waals surface area contributed by atoms with E-state index in [1.165, 1.54) is 110 Å². The van der Waals surface area contributed by atoms with Gasteiger partial charge < -0.3 is 9.47 Å². The van der Waals surface area contributed by atoms with E-state index in [1.807, 2.05) is 0 Å². The van der Waals surface area contributed by atoms with Crippen molar-refractivity contribution in [3.8, 4) is 27.9 Å². The summed E-state index contributed by atoms with van der Waals surface area (Å²) >= 11 is 0. The van der Waals surface area contributed by atoms with Crippen molar-refractivity contribution in [1.82, 2.24) is 4.57 Å². The first kappa shape index (κ1) is 49.1. The highest BCUT2D eigenvalue weighted by Gasteiger charge is 2.28. The molecule has 0 amide bonds. The second-order valence-corrected chi connectivity index (χ2v) is 26.4. The number of hydrogen-bond donors (Lipinski definition) is 0. The fourth-order valence-corrected chi connectivity index (χ4v) is 11.3. The molecular weight excluding hydrogens is 893 g/mol. The third kappa shape index (κ3) is 8.55. The molecule has 2 nitrogen and oxygen atoms in total. The zero-order valence-electron chi connectivity index (χ0n) is 46.6. The van der Waals surface area contributed by atoms with E-state index in [0.29, 0.717) is 0 Å². The second kappa shape index (κ2) is 17.2. The van der Waals surface area contributed by atoms with Gasteiger partial charge in [0.05, 0.1) is 28.1 Å². The summed E-state index contributed by atoms with van der Waals surface area (Å²) in [6.07, 6.45) is 0. The van der Waals surface area contributed by atoms with Gasteiger partial charge in [0.2, 0.25) is 0 Å². The van der Waals surface area contributed by atoms with Crippen molar-refractivity contribution in [1.29, 1.82) is 0 Å². The second-order valence-electron chi connectivity index (χ2n) is 26.4. The quantitative estimate of drug-likeness (QED) is 0.151. The molecule has 11 rings (SSSR count). The topological polar surface area (TPSA) is 8.17 Å². The van der Waals surface area contributed by atoms with E-state index in [1.54, 1.807) is 0 Å². The Hall–Kier alpha value is -7.16. The van der Waals surface area contributed by atoms with E-state index in [9.17, 15) is 0 Å². The molecule has 0 bridgehead atoms. The van der Waals surface area contributed by atoms with Crippen molar-refractivity contribution < 1.29 is 0 Å². The summed E-state index contributed by atoms with van der Waals surface area (Å²) in [5.41, 5.74) is 18.5. The number of nitrogens with zero attached hydrogens (tertiary/aromatic N) is 2. The van der Waals surface area contributed by atoms with Gasteiger partial charge in [-0.15, -0.1) is 0 Å². The average molecular weight is 967 g/mol. The molecule has 0 radical (unpaired) electrons. The fourth-order valence-electron chi connectivity index (χ4n) is 11.3. The Morgan fingerprint density at radius 3 is 1.34 bits per heavy atom. The normalized spacial score (nSPS) is 13.1. The molecular formula is C72H74N2. The monoisotopic (exact) mass is 967 g/mol. The summed E-state index contributed by atoms with van der Waals surface area (Å²) in [6.45, 7) is 34.8. The lowest BCUT2D eigenvalue weighted by molar-refractivity contribution is 0.589. The van der Waals surface area contributed by atoms with Crippen LogP contribution in [0.1, 0.15) is 132 Å². The summed E-state index contributed by atoms with van der Waals surface area (Å²) in [7, 11) is 0. The van der Waals surface area contributed by atoms with Crippen LogP contribution in [0.15, 0.2) is 176 Å². The molecule has 0 unspecified atom stereocenters. The molecule has 0 fully saturated rings. The molecule has 0 saturated heterocycles. The van der Waals surface area contributed by atoms with Gasteiger partial charge in [-0.3, -0.25) is 0 Å². The largest absolute Gasteiger partial charge is 0.309 e. The Morgan fingerprint density at radius 2 is 0.770 bits per heavy atom. The first-order valence-corrected chi connectivity index (χ1v) is 26.9. The van der Waals surface area contributed by atoms with Gasteiger partial charge in [-0.25, -0.2) is 0 Å². The summed E-state index contributed by atoms with van der Waals surface area (Å²) < 4.78 is 2.54. The Morgan fingerprint density at radius 1 is 0.311 bits per heavy atom. The van der Waals surface area contributed by atoms with Gasteiger partial charge >= 0.3 is 0 Å². The van der Waals surface area contributed by atoms with Crippen molar-refractivity contribution in [2.24, 2.45) is 0 Å². The van der Waals surface area contributed by atoms with Crippen LogP contribution in [0.4, 0.5) is 17.1 Å². The Bertz CT molecular complexity index is 3870. The van der Waals surface area contributed by atoms with Crippen molar-refractivity contribution in [2.75, 3.05) is 4.90 Å². The van der Waals surface area contributed by atoms with E-state index in [2.05, 4.69) is 289 Å². The summed E-state index contributed by atoms with van der Waals surface area (Å²) in [4.78, 5) is 2.56. The van der Waals surface area contributed by atoms with Crippen LogP contribution >= 0.6 is 0 Å². The van der Waals surface area contributed by atoms with E-state index >= 15 is 0 Å². The summed E-state index contributed by atoms with van der Waals surface area (Å²) in [5.74, 6) is 0. The van der Waals surface area contributed by atoms with Gasteiger partial charge in [-0.2, -0.15) is 0 Å². The van der Waals surface area contributed by atoms with Crippen LogP contribution in [0.3, 0.4) is 0 Å². The number of rotatable bonds is 6. The number of benzene rings is 10. The molecule has 0 atom stereocenters. The lowest BCUT2D eigenvalue weighted by Gasteiger charge is -2.32. The minimum Gasteiger partial charge on any atom is -0.309 e. The lowest BCUT2D eigenvalue weighted by Crippen LogP contribution is -2.16. The maximum atomic E-state index is 2.56. The SMILES string of the molecule is CC(C)(C)c1ccc(N(c2ccc(C(C)(C)C)cc2-c2cc(-c3ccccc3)cc(C(C)(C)C)c2)c2ccc3ccc4c(-n5c6ccc(C(C)(C)C)cc6c6cc(C(C)(C)C)ccc65)ccc5ccc2c3c54)cc1. The molecule has 11 aromatic rings. The number of aromatic nitrogens is 1. The van der Waals surface area contributed by atoms with E-state index in [0.717, 1.165) is 17.1 Å². The molecule has 0 aliphatic heterocycles. The lowest BCUT2D eigenvalue weighted by atomic mass is 9.81. The zero-order valence-corrected chi connectivity index (χ0v) is 46.6. The minimum absolute atomic E-state index is 0.00888. The molecule has 0 spiro atoms. The van der Waals surface area contributed by atoms with Gasteiger partial charge in [0.15, 0.2) is 0 Å². The van der Waals surface area contributed by atoms with Crippen LogP contribution < -0.4 is 4.90 Å². The van der Waals surface area contributed by atoms with E-state index in [4.69, 9.17) is 0 Å². The summed E-state index contributed by atoms with van der Waals surface area (Å²) in [6, 6.07) is 68.0. The highest BCUT2D eigenvalue weighted by molar-refractivity contribution is 6.27. The highest BCUT2D eigenvalue weighted by atomic mass is 15.1. The molecule has 372 valence electrons. The zero-order chi connectivity index (χ0) is 52.4. The van der Waals surface area contributed by atoms with E-state index < -0.39 is 0 Å². The minimum atomic E-state index is -0.0707. The fraction of sp³-hybridized carbons (Fsp3) is 0.278. The standard InChI is InChI=1S/C72H74N2/c1-68(2,3)50-25-30-55(31-26-50)73(63-36-27-51(69(4,5)6)42-58(63)49-39-48(45-19-17-16-18-20-45)40-54(41-49)72(13,14)15)61-34-23-46-22-33-57-62(35-24-47-21-32-56(61)66(46)67(47)57)74-64-37-28-52(70(7,8)9)43-59(64)60-44-53(71(10,11)12)29-38-65(60)74/h16-44H,1-15H3. The molecule has 0 aliphatic rings. The molecule has 10 aromatic carbocycles. The molecule has 0 saturated carbocycles. The van der Waals surface area contributed by atoms with Crippen molar-refractivity contribution >= 4 is 71.2 Å². The van der Waals surface area contributed by atoms with E-state index in [-0.39, 0.29) is 27.1 Å². The molecule has 0 N–H and O–H groups in total. The third-order valence-electron chi connectivity index (χ3n) is 15.9. The molecule has 74 heavy (non-hydrogen) atoms. The predicted octanol–water partition coefficient (Wildman–Crippen LogP) is 21.0. The molecule has 1 aromatic heterocycles. The Kier molecular flexibility index (Phi) is 11.4. The van der Waals surface area contributed by atoms with Crippen molar-refractivity contribution in [3.05, 3.63) is 204 Å². The van der Waals surface area contributed by atoms with Gasteiger partial charge in [0.25, 0.3) is 0 Å². The van der Waals surface area contributed by atoms with Gasteiger partial charge in [-0.05, 0) is 160 Å². The molecule has 0 aliphatic carbocycles. The van der Waals surface area contributed by atoms with Crippen molar-refractivity contribution in [3.63, 3.8) is 0 Å². The van der Waals surface area contributed by atoms with Crippen LogP contribution in [-0.2, 0) is 27.1 Å². The summed E-state index contributed by atoms with van der Waals surface area (Å²) in [5, 5.41) is 10.1. The maximum absolute atomic E-state index is 2.56. The van der Waals surface area contributed by atoms with Gasteiger partial charge in [-0.1, -0.05) is 213 Å². The average Bonchev–Trinajstić information content (AvgIpc) is 3.68. The van der Waals surface area contributed by atoms with Crippen LogP contribution in [0.2, 0.25) is 0 Å². The smallest absolute Gasteiger partial charge is 0.0541 e. The number of anilines is 3. The van der Waals surface area contributed by atoms with Crippen LogP contribution in [0, 0.1) is 0 Å². The third-order valence-corrected chi connectivity index (χ3v) is 15.9. The van der Waals surface area contributed by atoms with Gasteiger partial charge in [0, 0.05) is 32.8 Å². The number of fused-ring (bicyclic) bond motifs is 3. The first-order valence-electron chi connectivity index (χ1n) is 26.9. The molecule has 1 heterocycles. The Labute approximate surface area is 441 Å². The van der Waals surface area contributed by atoms with Crippen LogP contribution in [-0.4, -0.2) is 4.57 Å². The Balaban J connectivity index is 1.20. The van der Waals surface area contributed by atoms with Crippen LogP contribution in [0.5, 0.6) is 0 Å². The van der Waals surface area contributed by atoms with Gasteiger partial charge in [0.1, 0.15) is 0 Å². The maximum Gasteiger partial charge on any atom is 0.0541 e. The predicted molar refractivity (Wildman–Crippen MR) is 324 cm³/mol. The first-order chi connectivity index (χ1) is 34.8. The highest BCUT2D eigenvalue weighted by Crippen LogP contribution is 2.50. The number of hydrogen-bond acceptors (Lipinski definition) is 1.